The van der Waals surface area contributed by atoms with Crippen LogP contribution in [0.4, 0.5) is 0 Å². The molecular weight excluding hydrogens is 383 g/mol. The van der Waals surface area contributed by atoms with Crippen LogP contribution in [0.15, 0.2) is 103 Å². The molecule has 0 aromatic heterocycles. The van der Waals surface area contributed by atoms with E-state index >= 15 is 0 Å². The van der Waals surface area contributed by atoms with Gasteiger partial charge in [-0.3, -0.25) is 0 Å². The number of hydrogen-bond donors (Lipinski definition) is 0. The number of para-hydroxylation sites is 1. The molecule has 0 spiro atoms. The van der Waals surface area contributed by atoms with Crippen LogP contribution < -0.4 is 15.3 Å². The maximum Gasteiger partial charge on any atom is 0.130 e. The van der Waals surface area contributed by atoms with Crippen molar-refractivity contribution in [1.29, 1.82) is 0 Å². The third-order valence-corrected chi connectivity index (χ3v) is 6.76. The normalized spacial score (nSPS) is 12.2. The molecule has 0 saturated heterocycles. The van der Waals surface area contributed by atoms with Gasteiger partial charge in [0.15, 0.2) is 0 Å². The molecule has 0 bridgehead atoms. The van der Waals surface area contributed by atoms with Gasteiger partial charge >= 0.3 is 0 Å². The highest BCUT2D eigenvalue weighted by atomic mass is 31.1. The Balaban J connectivity index is 1.57. The van der Waals surface area contributed by atoms with Gasteiger partial charge in [-0.05, 0) is 57.8 Å². The predicted molar refractivity (Wildman–Crippen MR) is 131 cm³/mol. The van der Waals surface area contributed by atoms with E-state index in [0.29, 0.717) is 14.5 Å². The van der Waals surface area contributed by atoms with E-state index in [9.17, 15) is 0 Å². The molecule has 0 fully saturated rings. The van der Waals surface area contributed by atoms with E-state index < -0.39 is 0 Å². The quantitative estimate of drug-likeness (QED) is 0.291. The molecule has 4 aromatic carbocycles. The van der Waals surface area contributed by atoms with Crippen LogP contribution in [0, 0.1) is 0 Å². The zero-order chi connectivity index (χ0) is 20.8. The molecule has 0 aliphatic rings. The van der Waals surface area contributed by atoms with E-state index in [1.54, 1.807) is 0 Å². The highest BCUT2D eigenvalue weighted by Gasteiger charge is 2.11. The van der Waals surface area contributed by atoms with Gasteiger partial charge in [0.1, 0.15) is 11.5 Å². The summed E-state index contributed by atoms with van der Waals surface area (Å²) >= 11 is 0. The summed E-state index contributed by atoms with van der Waals surface area (Å²) < 4.78 is 6.25. The summed E-state index contributed by atoms with van der Waals surface area (Å²) in [5.74, 6) is 2.30. The molecule has 1 nitrogen and oxygen atoms in total. The van der Waals surface area contributed by atoms with Crippen LogP contribution in [-0.4, -0.2) is 0 Å². The molecule has 2 atom stereocenters. The largest absolute Gasteiger partial charge is 0.457 e. The van der Waals surface area contributed by atoms with Gasteiger partial charge < -0.3 is 4.74 Å². The van der Waals surface area contributed by atoms with Gasteiger partial charge in [0.05, 0.1) is 0 Å². The Hall–Kier alpha value is -2.89. The lowest BCUT2D eigenvalue weighted by Crippen LogP contribution is -2.05. The van der Waals surface area contributed by atoms with E-state index in [0.717, 1.165) is 17.9 Å². The fraction of sp³-hybridized carbons (Fsp3) is 0.143. The fourth-order valence-corrected chi connectivity index (χ4v) is 4.76. The van der Waals surface area contributed by atoms with Gasteiger partial charge in [-0.15, -0.1) is 0 Å². The maximum atomic E-state index is 6.25. The molecule has 4 aromatic rings. The lowest BCUT2D eigenvalue weighted by Gasteiger charge is -2.16. The maximum absolute atomic E-state index is 6.25. The Morgan fingerprint density at radius 2 is 1.40 bits per heavy atom. The van der Waals surface area contributed by atoms with Gasteiger partial charge in [0, 0.05) is 0 Å². The minimum absolute atomic E-state index is 0.478. The molecule has 0 N–H and O–H groups in total. The van der Waals surface area contributed by atoms with Crippen LogP contribution >= 0.6 is 8.58 Å². The van der Waals surface area contributed by atoms with E-state index in [1.807, 2.05) is 6.07 Å². The van der Waals surface area contributed by atoms with Crippen LogP contribution in [0.5, 0.6) is 11.5 Å². The minimum atomic E-state index is 0.478. The van der Waals surface area contributed by atoms with Gasteiger partial charge in [-0.25, -0.2) is 0 Å². The highest BCUT2D eigenvalue weighted by Crippen LogP contribution is 2.33. The third kappa shape index (κ3) is 4.81. The summed E-state index contributed by atoms with van der Waals surface area (Å²) in [6, 6.07) is 36.2. The Bertz CT molecular complexity index is 1090. The molecular formula is C28H27OP. The molecule has 0 aliphatic carbocycles. The van der Waals surface area contributed by atoms with Crippen molar-refractivity contribution in [3.63, 3.8) is 0 Å². The van der Waals surface area contributed by atoms with Crippen LogP contribution in [0.25, 0.3) is 11.1 Å². The zero-order valence-electron chi connectivity index (χ0n) is 17.5. The summed E-state index contributed by atoms with van der Waals surface area (Å²) in [7, 11) is 0.640. The van der Waals surface area contributed by atoms with Gasteiger partial charge in [-0.1, -0.05) is 107 Å². The van der Waals surface area contributed by atoms with Gasteiger partial charge in [0.2, 0.25) is 0 Å². The first-order valence-electron chi connectivity index (χ1n) is 10.5. The Morgan fingerprint density at radius 3 is 2.17 bits per heavy atom. The van der Waals surface area contributed by atoms with Crippen LogP contribution in [0.1, 0.15) is 31.7 Å². The molecule has 0 aliphatic heterocycles. The SMILES string of the molecule is CCC(C)c1ccccc1Oc1ccc(-c2ccccc2Pc2ccccc2)cc1. The zero-order valence-corrected chi connectivity index (χ0v) is 18.5. The average molecular weight is 410 g/mol. The molecule has 4 rings (SSSR count). The van der Waals surface area contributed by atoms with E-state index in [1.165, 1.54) is 27.3 Å². The summed E-state index contributed by atoms with van der Waals surface area (Å²) in [6.45, 7) is 4.46. The van der Waals surface area contributed by atoms with Gasteiger partial charge in [-0.2, -0.15) is 0 Å². The average Bonchev–Trinajstić information content (AvgIpc) is 2.81. The second-order valence-electron chi connectivity index (χ2n) is 7.51. The molecule has 30 heavy (non-hydrogen) atoms. The topological polar surface area (TPSA) is 9.23 Å². The van der Waals surface area contributed by atoms with Crippen molar-refractivity contribution < 1.29 is 4.74 Å². The molecule has 150 valence electrons. The van der Waals surface area contributed by atoms with E-state index in [-0.39, 0.29) is 0 Å². The molecule has 2 heteroatoms. The number of benzene rings is 4. The molecule has 0 heterocycles. The predicted octanol–water partition coefficient (Wildman–Crippen LogP) is 7.29. The first kappa shape index (κ1) is 20.4. The van der Waals surface area contributed by atoms with Crippen molar-refractivity contribution in [3.05, 3.63) is 109 Å². The second-order valence-corrected chi connectivity index (χ2v) is 8.88. The van der Waals surface area contributed by atoms with Crippen molar-refractivity contribution in [2.75, 3.05) is 0 Å². The molecule has 0 radical (unpaired) electrons. The standard InChI is InChI=1S/C28H27OP/c1-3-21(2)25-13-7-9-15-27(25)29-23-19-17-22(18-20-23)26-14-8-10-16-28(26)30-24-11-5-4-6-12-24/h4-21,30H,3H2,1-2H3. The van der Waals surface area contributed by atoms with Crippen molar-refractivity contribution >= 4 is 19.2 Å². The van der Waals surface area contributed by atoms with Crippen LogP contribution in [-0.2, 0) is 0 Å². The van der Waals surface area contributed by atoms with Crippen molar-refractivity contribution in [3.8, 4) is 22.6 Å². The fourth-order valence-electron chi connectivity index (χ4n) is 3.55. The minimum Gasteiger partial charge on any atom is -0.457 e. The third-order valence-electron chi connectivity index (χ3n) is 5.44. The lowest BCUT2D eigenvalue weighted by molar-refractivity contribution is 0.470. The van der Waals surface area contributed by atoms with Crippen molar-refractivity contribution in [2.45, 2.75) is 26.2 Å². The first-order chi connectivity index (χ1) is 14.7. The number of hydrogen-bond acceptors (Lipinski definition) is 1. The first-order valence-corrected chi connectivity index (χ1v) is 11.5. The lowest BCUT2D eigenvalue weighted by atomic mass is 9.98. The highest BCUT2D eigenvalue weighted by molar-refractivity contribution is 7.55. The van der Waals surface area contributed by atoms with Crippen LogP contribution in [0.2, 0.25) is 0 Å². The van der Waals surface area contributed by atoms with Crippen LogP contribution in [0.3, 0.4) is 0 Å². The molecule has 0 amide bonds. The van der Waals surface area contributed by atoms with E-state index in [4.69, 9.17) is 4.74 Å². The molecule has 0 saturated carbocycles. The van der Waals surface area contributed by atoms with Gasteiger partial charge in [0.25, 0.3) is 0 Å². The van der Waals surface area contributed by atoms with E-state index in [2.05, 4.69) is 111 Å². The molecule has 2 unspecified atom stereocenters. The Kier molecular flexibility index (Phi) is 6.62. The Labute approximate surface area is 181 Å². The smallest absolute Gasteiger partial charge is 0.130 e. The summed E-state index contributed by atoms with van der Waals surface area (Å²) in [4.78, 5) is 0. The summed E-state index contributed by atoms with van der Waals surface area (Å²) in [5, 5.41) is 2.71. The van der Waals surface area contributed by atoms with Crippen molar-refractivity contribution in [1.82, 2.24) is 0 Å². The summed E-state index contributed by atoms with van der Waals surface area (Å²) in [6.07, 6.45) is 1.10. The summed E-state index contributed by atoms with van der Waals surface area (Å²) in [5.41, 5.74) is 3.77. The number of ether oxygens (including phenoxy) is 1. The second kappa shape index (κ2) is 9.74. The van der Waals surface area contributed by atoms with Crippen molar-refractivity contribution in [2.24, 2.45) is 0 Å². The number of rotatable bonds is 7. The monoisotopic (exact) mass is 410 g/mol. The Morgan fingerprint density at radius 1 is 0.733 bits per heavy atom.